The molecule has 0 aliphatic carbocycles. The monoisotopic (exact) mass is 139 g/mol. The van der Waals surface area contributed by atoms with Crippen LogP contribution < -0.4 is 4.72 Å². The average molecular weight is 139 g/mol. The molecule has 48 valence electrons. The summed E-state index contributed by atoms with van der Waals surface area (Å²) < 4.78 is 31.0. The van der Waals surface area contributed by atoms with Gasteiger partial charge in [-0.2, -0.15) is 4.72 Å². The highest BCUT2D eigenvalue weighted by Crippen LogP contribution is 1.84. The van der Waals surface area contributed by atoms with E-state index in [-0.39, 0.29) is 0 Å². The SMILES string of the molecule is C=CC(F)NS(=O)O. The maximum Gasteiger partial charge on any atom is 0.234 e. The number of alkyl halides is 1. The van der Waals surface area contributed by atoms with Gasteiger partial charge in [0, 0.05) is 0 Å². The van der Waals surface area contributed by atoms with Gasteiger partial charge in [-0.15, -0.1) is 0 Å². The van der Waals surface area contributed by atoms with Crippen molar-refractivity contribution in [2.75, 3.05) is 0 Å². The minimum atomic E-state index is -2.29. The Balaban J connectivity index is 3.38. The van der Waals surface area contributed by atoms with Crippen molar-refractivity contribution in [2.24, 2.45) is 0 Å². The van der Waals surface area contributed by atoms with Crippen molar-refractivity contribution in [1.29, 1.82) is 0 Å². The Bertz CT molecular complexity index is 107. The fraction of sp³-hybridized carbons (Fsp3) is 0.333. The lowest BCUT2D eigenvalue weighted by Gasteiger charge is -1.97. The van der Waals surface area contributed by atoms with Crippen LogP contribution in [0.3, 0.4) is 0 Å². The molecule has 8 heavy (non-hydrogen) atoms. The Hall–Kier alpha value is -0.260. The van der Waals surface area contributed by atoms with Gasteiger partial charge in [-0.25, -0.2) is 8.60 Å². The summed E-state index contributed by atoms with van der Waals surface area (Å²) in [6.45, 7) is 3.03. The summed E-state index contributed by atoms with van der Waals surface area (Å²) in [7, 11) is 0. The van der Waals surface area contributed by atoms with Crippen LogP contribution in [-0.2, 0) is 11.3 Å². The Labute approximate surface area is 49.0 Å². The van der Waals surface area contributed by atoms with E-state index < -0.39 is 17.6 Å². The lowest BCUT2D eigenvalue weighted by molar-refractivity contribution is 0.375. The van der Waals surface area contributed by atoms with Gasteiger partial charge >= 0.3 is 0 Å². The average Bonchev–Trinajstić information content (AvgIpc) is 1.65. The van der Waals surface area contributed by atoms with Crippen LogP contribution >= 0.6 is 0 Å². The summed E-state index contributed by atoms with van der Waals surface area (Å²) in [5, 5.41) is 0. The van der Waals surface area contributed by atoms with E-state index in [1.165, 1.54) is 0 Å². The van der Waals surface area contributed by atoms with Gasteiger partial charge in [0.15, 0.2) is 6.30 Å². The molecule has 0 aliphatic rings. The van der Waals surface area contributed by atoms with Gasteiger partial charge in [0.25, 0.3) is 0 Å². The highest BCUT2D eigenvalue weighted by molar-refractivity contribution is 7.77. The highest BCUT2D eigenvalue weighted by Gasteiger charge is 1.99. The van der Waals surface area contributed by atoms with Gasteiger partial charge in [-0.3, -0.25) is 4.55 Å². The molecule has 0 saturated heterocycles. The minimum Gasteiger partial charge on any atom is -0.294 e. The fourth-order valence-electron chi connectivity index (χ4n) is 0.144. The summed E-state index contributed by atoms with van der Waals surface area (Å²) in [4.78, 5) is 0. The van der Waals surface area contributed by atoms with Crippen LogP contribution in [0.4, 0.5) is 4.39 Å². The smallest absolute Gasteiger partial charge is 0.234 e. The molecule has 0 aliphatic heterocycles. The maximum atomic E-state index is 11.8. The molecule has 0 radical (unpaired) electrons. The summed E-state index contributed by atoms with van der Waals surface area (Å²) in [6.07, 6.45) is -0.727. The van der Waals surface area contributed by atoms with Crippen molar-refractivity contribution in [3.63, 3.8) is 0 Å². The molecule has 0 heterocycles. The highest BCUT2D eigenvalue weighted by atomic mass is 32.2. The predicted octanol–water partition coefficient (Wildman–Crippen LogP) is 0.194. The Morgan fingerprint density at radius 1 is 2.00 bits per heavy atom. The molecule has 3 nitrogen and oxygen atoms in total. The molecule has 0 amide bonds. The van der Waals surface area contributed by atoms with E-state index in [9.17, 15) is 8.60 Å². The van der Waals surface area contributed by atoms with Gasteiger partial charge < -0.3 is 0 Å². The number of nitrogens with one attached hydrogen (secondary N) is 1. The van der Waals surface area contributed by atoms with Crippen LogP contribution in [0.25, 0.3) is 0 Å². The van der Waals surface area contributed by atoms with E-state index in [1.54, 1.807) is 4.72 Å². The molecule has 2 unspecified atom stereocenters. The summed E-state index contributed by atoms with van der Waals surface area (Å²) >= 11 is -2.29. The van der Waals surface area contributed by atoms with Crippen molar-refractivity contribution in [2.45, 2.75) is 6.30 Å². The van der Waals surface area contributed by atoms with Crippen molar-refractivity contribution in [3.05, 3.63) is 12.7 Å². The van der Waals surface area contributed by atoms with Gasteiger partial charge in [0.2, 0.25) is 11.3 Å². The maximum absolute atomic E-state index is 11.8. The van der Waals surface area contributed by atoms with Crippen LogP contribution in [0.15, 0.2) is 12.7 Å². The van der Waals surface area contributed by atoms with Gasteiger partial charge in [0.1, 0.15) is 0 Å². The van der Waals surface area contributed by atoms with Crippen LogP contribution in [0.5, 0.6) is 0 Å². The standard InChI is InChI=1S/C3H6FNO2S/c1-2-3(4)5-8(6)7/h2-3,5H,1H2,(H,6,7). The van der Waals surface area contributed by atoms with Crippen LogP contribution in [0.2, 0.25) is 0 Å². The Morgan fingerprint density at radius 2 is 2.50 bits per heavy atom. The van der Waals surface area contributed by atoms with E-state index >= 15 is 0 Å². The summed E-state index contributed by atoms with van der Waals surface area (Å²) in [6, 6.07) is 0. The second-order valence-electron chi connectivity index (χ2n) is 1.00. The second-order valence-corrected chi connectivity index (χ2v) is 1.74. The summed E-state index contributed by atoms with van der Waals surface area (Å²) in [5.74, 6) is 0. The topological polar surface area (TPSA) is 49.3 Å². The zero-order chi connectivity index (χ0) is 6.57. The normalized spacial score (nSPS) is 17.2. The van der Waals surface area contributed by atoms with Crippen molar-refractivity contribution < 1.29 is 13.2 Å². The predicted molar refractivity (Wildman–Crippen MR) is 29.0 cm³/mol. The van der Waals surface area contributed by atoms with E-state index in [0.717, 1.165) is 6.08 Å². The van der Waals surface area contributed by atoms with Gasteiger partial charge in [-0.05, 0) is 6.08 Å². The zero-order valence-corrected chi connectivity index (χ0v) is 4.82. The minimum absolute atomic E-state index is 0.883. The lowest BCUT2D eigenvalue weighted by atomic mass is 10.6. The molecule has 0 rings (SSSR count). The number of halogens is 1. The molecule has 0 bridgehead atoms. The Morgan fingerprint density at radius 3 is 2.62 bits per heavy atom. The number of rotatable bonds is 3. The first-order chi connectivity index (χ1) is 3.66. The van der Waals surface area contributed by atoms with Crippen molar-refractivity contribution in [1.82, 2.24) is 4.72 Å². The molecule has 2 N–H and O–H groups in total. The third-order valence-electron chi connectivity index (χ3n) is 0.420. The van der Waals surface area contributed by atoms with Gasteiger partial charge in [-0.1, -0.05) is 6.58 Å². The third-order valence-corrected chi connectivity index (χ3v) is 0.847. The fourth-order valence-corrected chi connectivity index (χ4v) is 0.433. The van der Waals surface area contributed by atoms with Crippen LogP contribution in [-0.4, -0.2) is 15.1 Å². The van der Waals surface area contributed by atoms with Crippen molar-refractivity contribution in [3.8, 4) is 0 Å². The van der Waals surface area contributed by atoms with E-state index in [0.29, 0.717) is 0 Å². The Kier molecular flexibility index (Phi) is 3.59. The lowest BCUT2D eigenvalue weighted by Crippen LogP contribution is -2.23. The first-order valence-electron chi connectivity index (χ1n) is 1.80. The molecule has 0 fully saturated rings. The van der Waals surface area contributed by atoms with E-state index in [2.05, 4.69) is 6.58 Å². The molecule has 0 spiro atoms. The van der Waals surface area contributed by atoms with Crippen LogP contribution in [0, 0.1) is 0 Å². The molecular formula is C3H6FNO2S. The molecule has 0 aromatic carbocycles. The number of hydrogen-bond donors (Lipinski definition) is 2. The van der Waals surface area contributed by atoms with E-state index in [1.807, 2.05) is 0 Å². The van der Waals surface area contributed by atoms with E-state index in [4.69, 9.17) is 4.55 Å². The first kappa shape index (κ1) is 7.74. The largest absolute Gasteiger partial charge is 0.294 e. The molecule has 2 atom stereocenters. The molecule has 0 aromatic heterocycles. The molecule has 0 aromatic rings. The second kappa shape index (κ2) is 3.71. The quantitative estimate of drug-likeness (QED) is 0.333. The first-order valence-corrected chi connectivity index (χ1v) is 2.91. The van der Waals surface area contributed by atoms with Crippen LogP contribution in [0.1, 0.15) is 0 Å². The third kappa shape index (κ3) is 3.91. The zero-order valence-electron chi connectivity index (χ0n) is 4.00. The molecule has 5 heteroatoms. The molecular weight excluding hydrogens is 133 g/mol. The molecule has 0 saturated carbocycles. The summed E-state index contributed by atoms with van der Waals surface area (Å²) in [5.41, 5.74) is 0. The van der Waals surface area contributed by atoms with Gasteiger partial charge in [0.05, 0.1) is 0 Å². The van der Waals surface area contributed by atoms with Crippen molar-refractivity contribution >= 4 is 11.3 Å². The number of hydrogen-bond acceptors (Lipinski definition) is 1.